The third-order valence-corrected chi connectivity index (χ3v) is 7.78. The van der Waals surface area contributed by atoms with Crippen molar-refractivity contribution in [3.63, 3.8) is 0 Å². The number of hydrogen-bond acceptors (Lipinski definition) is 7. The van der Waals surface area contributed by atoms with Crippen LogP contribution in [0, 0.1) is 0 Å². The minimum absolute atomic E-state index is 0.0839. The zero-order valence-corrected chi connectivity index (χ0v) is 20.6. The fraction of sp³-hybridized carbons (Fsp3) is 0.208. The maximum absolute atomic E-state index is 13.5. The molecule has 35 heavy (non-hydrogen) atoms. The molecule has 0 aromatic heterocycles. The van der Waals surface area contributed by atoms with Crippen molar-refractivity contribution in [3.8, 4) is 0 Å². The van der Waals surface area contributed by atoms with Crippen LogP contribution in [-0.2, 0) is 33.7 Å². The van der Waals surface area contributed by atoms with Crippen LogP contribution in [0.15, 0.2) is 82.0 Å². The number of halogens is 2. The summed E-state index contributed by atoms with van der Waals surface area (Å²) in [6.07, 6.45) is -0.854. The van der Waals surface area contributed by atoms with Gasteiger partial charge in [-0.2, -0.15) is 0 Å². The van der Waals surface area contributed by atoms with Crippen molar-refractivity contribution in [2.24, 2.45) is 0 Å². The Labute approximate surface area is 211 Å². The summed E-state index contributed by atoms with van der Waals surface area (Å²) in [5, 5.41) is -1.53. The molecular formula is C24H19Cl2NO7S. The Morgan fingerprint density at radius 3 is 2.06 bits per heavy atom. The van der Waals surface area contributed by atoms with Gasteiger partial charge in [-0.25, -0.2) is 13.2 Å². The average Bonchev–Trinajstić information content (AvgIpc) is 2.81. The number of β-lactam (4-membered cyclic amide) rings is 1. The smallest absolute Gasteiger partial charge is 0.356 e. The van der Waals surface area contributed by atoms with Crippen LogP contribution >= 0.6 is 23.2 Å². The SMILES string of the molecule is CC(=O)OCC1=C(C(=O)OC(c2ccccc2)c2ccccc2)N2C(=O)C(=C(Cl)Cl)C2S(=O)(=O)C1. The number of nitrogens with zero attached hydrogens (tertiary/aromatic N) is 1. The summed E-state index contributed by atoms with van der Waals surface area (Å²) in [6.45, 7) is 0.632. The van der Waals surface area contributed by atoms with E-state index < -0.39 is 56.0 Å². The Morgan fingerprint density at radius 1 is 1.03 bits per heavy atom. The number of hydrogen-bond donors (Lipinski definition) is 0. The summed E-state index contributed by atoms with van der Waals surface area (Å²) >= 11 is 11.5. The summed E-state index contributed by atoms with van der Waals surface area (Å²) in [5.74, 6) is -3.13. The van der Waals surface area contributed by atoms with Gasteiger partial charge in [-0.3, -0.25) is 14.5 Å². The van der Waals surface area contributed by atoms with Crippen molar-refractivity contribution in [2.45, 2.75) is 18.4 Å². The summed E-state index contributed by atoms with van der Waals surface area (Å²) < 4.78 is 36.2. The summed E-state index contributed by atoms with van der Waals surface area (Å²) in [7, 11) is -4.03. The van der Waals surface area contributed by atoms with Crippen LogP contribution in [0.25, 0.3) is 0 Å². The van der Waals surface area contributed by atoms with Crippen LogP contribution in [0.4, 0.5) is 0 Å². The zero-order valence-electron chi connectivity index (χ0n) is 18.3. The first-order valence-corrected chi connectivity index (χ1v) is 12.9. The fourth-order valence-electron chi connectivity index (χ4n) is 3.99. The first kappa shape index (κ1) is 25.0. The molecule has 0 radical (unpaired) electrons. The molecule has 2 aromatic rings. The first-order valence-electron chi connectivity index (χ1n) is 10.4. The highest BCUT2D eigenvalue weighted by molar-refractivity contribution is 7.92. The highest BCUT2D eigenvalue weighted by Crippen LogP contribution is 2.43. The predicted molar refractivity (Wildman–Crippen MR) is 128 cm³/mol. The fourth-order valence-corrected chi connectivity index (χ4v) is 6.45. The number of carbonyl (C=O) groups is 3. The lowest BCUT2D eigenvalue weighted by molar-refractivity contribution is -0.149. The molecule has 1 amide bonds. The molecule has 0 aliphatic carbocycles. The molecule has 4 rings (SSSR count). The van der Waals surface area contributed by atoms with Gasteiger partial charge in [0.2, 0.25) is 0 Å². The number of rotatable bonds is 6. The normalized spacial score (nSPS) is 18.6. The van der Waals surface area contributed by atoms with Gasteiger partial charge in [-0.15, -0.1) is 0 Å². The van der Waals surface area contributed by atoms with Gasteiger partial charge in [-0.1, -0.05) is 83.9 Å². The van der Waals surface area contributed by atoms with Crippen LogP contribution in [0.5, 0.6) is 0 Å². The maximum Gasteiger partial charge on any atom is 0.356 e. The lowest BCUT2D eigenvalue weighted by Gasteiger charge is -2.45. The van der Waals surface area contributed by atoms with E-state index in [-0.39, 0.29) is 16.8 Å². The van der Waals surface area contributed by atoms with Crippen LogP contribution in [0.2, 0.25) is 0 Å². The molecule has 1 atom stereocenters. The van der Waals surface area contributed by atoms with Crippen molar-refractivity contribution in [1.29, 1.82) is 0 Å². The minimum atomic E-state index is -4.03. The molecule has 0 spiro atoms. The molecule has 1 unspecified atom stereocenters. The Hall–Kier alpha value is -3.14. The third kappa shape index (κ3) is 4.84. The molecule has 2 aliphatic rings. The van der Waals surface area contributed by atoms with Gasteiger partial charge in [0.05, 0.1) is 11.3 Å². The van der Waals surface area contributed by atoms with Crippen molar-refractivity contribution in [3.05, 3.63) is 93.1 Å². The molecule has 182 valence electrons. The van der Waals surface area contributed by atoms with Gasteiger partial charge in [0.25, 0.3) is 5.91 Å². The molecule has 1 saturated heterocycles. The largest absolute Gasteiger partial charge is 0.461 e. The first-order chi connectivity index (χ1) is 16.6. The molecule has 2 aromatic carbocycles. The molecule has 1 fully saturated rings. The molecule has 0 N–H and O–H groups in total. The highest BCUT2D eigenvalue weighted by atomic mass is 35.5. The lowest BCUT2D eigenvalue weighted by Crippen LogP contribution is -2.62. The second kappa shape index (κ2) is 9.85. The standard InChI is InChI=1S/C24H19Cl2NO7S/c1-14(28)33-12-17-13-35(31,32)23-18(21(25)26)22(29)27(23)19(17)24(30)34-20(15-8-4-2-5-9-15)16-10-6-3-7-11-16/h2-11,20,23H,12-13H2,1H3. The minimum Gasteiger partial charge on any atom is -0.461 e. The summed E-state index contributed by atoms with van der Waals surface area (Å²) in [4.78, 5) is 38.6. The zero-order chi connectivity index (χ0) is 25.3. The van der Waals surface area contributed by atoms with E-state index in [2.05, 4.69) is 0 Å². The van der Waals surface area contributed by atoms with Gasteiger partial charge < -0.3 is 9.47 Å². The van der Waals surface area contributed by atoms with E-state index in [1.807, 2.05) is 12.1 Å². The van der Waals surface area contributed by atoms with E-state index in [1.165, 1.54) is 0 Å². The quantitative estimate of drug-likeness (QED) is 0.316. The van der Waals surface area contributed by atoms with Crippen LogP contribution < -0.4 is 0 Å². The van der Waals surface area contributed by atoms with Crippen LogP contribution in [0.1, 0.15) is 24.2 Å². The van der Waals surface area contributed by atoms with Gasteiger partial charge in [-0.05, 0) is 11.1 Å². The van der Waals surface area contributed by atoms with E-state index in [9.17, 15) is 22.8 Å². The van der Waals surface area contributed by atoms with Crippen molar-refractivity contribution >= 4 is 50.9 Å². The summed E-state index contributed by atoms with van der Waals surface area (Å²) in [6, 6.07) is 17.9. The second-order valence-electron chi connectivity index (χ2n) is 7.85. The Kier molecular flexibility index (Phi) is 7.02. The lowest BCUT2D eigenvalue weighted by atomic mass is 10.0. The van der Waals surface area contributed by atoms with Crippen LogP contribution in [-0.4, -0.2) is 48.9 Å². The number of carbonyl (C=O) groups excluding carboxylic acids is 3. The second-order valence-corrected chi connectivity index (χ2v) is 10.9. The molecule has 0 saturated carbocycles. The van der Waals surface area contributed by atoms with Gasteiger partial charge in [0, 0.05) is 12.5 Å². The number of esters is 2. The Bertz CT molecular complexity index is 1310. The molecule has 11 heteroatoms. The van der Waals surface area contributed by atoms with Crippen LogP contribution in [0.3, 0.4) is 0 Å². The monoisotopic (exact) mass is 535 g/mol. The van der Waals surface area contributed by atoms with Gasteiger partial charge in [0.1, 0.15) is 16.8 Å². The third-order valence-electron chi connectivity index (χ3n) is 5.50. The van der Waals surface area contributed by atoms with E-state index in [0.717, 1.165) is 11.8 Å². The van der Waals surface area contributed by atoms with Crippen molar-refractivity contribution < 1.29 is 32.3 Å². The van der Waals surface area contributed by atoms with E-state index in [0.29, 0.717) is 11.1 Å². The Morgan fingerprint density at radius 2 is 1.57 bits per heavy atom. The van der Waals surface area contributed by atoms with Gasteiger partial charge >= 0.3 is 11.9 Å². The average molecular weight is 536 g/mol. The van der Waals surface area contributed by atoms with Gasteiger partial charge in [0.15, 0.2) is 21.3 Å². The van der Waals surface area contributed by atoms with E-state index >= 15 is 0 Å². The molecule has 0 bridgehead atoms. The van der Waals surface area contributed by atoms with Crippen molar-refractivity contribution in [1.82, 2.24) is 4.90 Å². The molecule has 2 aliphatic heterocycles. The van der Waals surface area contributed by atoms with E-state index in [4.69, 9.17) is 32.7 Å². The number of benzene rings is 2. The number of fused-ring (bicyclic) bond motifs is 1. The number of ether oxygens (including phenoxy) is 2. The van der Waals surface area contributed by atoms with E-state index in [1.54, 1.807) is 48.5 Å². The molecule has 8 nitrogen and oxygen atoms in total. The number of amides is 1. The maximum atomic E-state index is 13.5. The number of sulfone groups is 1. The molecule has 2 heterocycles. The highest BCUT2D eigenvalue weighted by Gasteiger charge is 2.58. The topological polar surface area (TPSA) is 107 Å². The Balaban J connectivity index is 1.79. The summed E-state index contributed by atoms with van der Waals surface area (Å²) in [5.41, 5.74) is 0.598. The molecular weight excluding hydrogens is 517 g/mol. The predicted octanol–water partition coefficient (Wildman–Crippen LogP) is 3.42. The van der Waals surface area contributed by atoms with Crippen molar-refractivity contribution in [2.75, 3.05) is 12.4 Å².